The fourth-order valence-corrected chi connectivity index (χ4v) is 4.51. The summed E-state index contributed by atoms with van der Waals surface area (Å²) in [7, 11) is 3.23. The van der Waals surface area contributed by atoms with Gasteiger partial charge >= 0.3 is 0 Å². The maximum atomic E-state index is 13.1. The summed E-state index contributed by atoms with van der Waals surface area (Å²) in [5, 5.41) is 7.92. The minimum Gasteiger partial charge on any atom is -0.475 e. The molecule has 2 atom stereocenters. The lowest BCUT2D eigenvalue weighted by atomic mass is 10.0. The number of nitrogens with zero attached hydrogens (tertiary/aromatic N) is 4. The average molecular weight is 492 g/mol. The Morgan fingerprint density at radius 1 is 1.22 bits per heavy atom. The highest BCUT2D eigenvalue weighted by molar-refractivity contribution is 5.84. The molecule has 3 aromatic rings. The summed E-state index contributed by atoms with van der Waals surface area (Å²) in [5.41, 5.74) is 4.22. The van der Waals surface area contributed by atoms with E-state index in [-0.39, 0.29) is 11.9 Å². The first-order valence-electron chi connectivity index (χ1n) is 11.9. The summed E-state index contributed by atoms with van der Waals surface area (Å²) in [6.45, 7) is 2.56. The van der Waals surface area contributed by atoms with E-state index in [2.05, 4.69) is 22.3 Å². The fraction of sp³-hybridized carbons (Fsp3) is 0.423. The van der Waals surface area contributed by atoms with Crippen molar-refractivity contribution in [3.63, 3.8) is 0 Å². The molecule has 1 amide bonds. The number of fused-ring (bicyclic) bond motifs is 5. The van der Waals surface area contributed by atoms with Gasteiger partial charge in [-0.3, -0.25) is 4.79 Å². The van der Waals surface area contributed by atoms with Crippen molar-refractivity contribution >= 4 is 17.2 Å². The van der Waals surface area contributed by atoms with Gasteiger partial charge in [0.25, 0.3) is 5.91 Å². The smallest absolute Gasteiger partial charge is 0.252 e. The second kappa shape index (κ2) is 11.0. The SMILES string of the molecule is COCC#Cc1cc2cc(c1)-c1cnn3ccc(nc13)OC[C@@H]1CC(OCCOC)C(=O)N1CCN2. The van der Waals surface area contributed by atoms with Gasteiger partial charge in [0.2, 0.25) is 5.88 Å². The topological polar surface area (TPSA) is 99.5 Å². The molecule has 4 bridgehead atoms. The van der Waals surface area contributed by atoms with Crippen LogP contribution in [0.25, 0.3) is 16.8 Å². The molecule has 36 heavy (non-hydrogen) atoms. The van der Waals surface area contributed by atoms with Gasteiger partial charge in [0.05, 0.1) is 25.5 Å². The predicted octanol–water partition coefficient (Wildman–Crippen LogP) is 1.83. The maximum Gasteiger partial charge on any atom is 0.252 e. The maximum absolute atomic E-state index is 13.1. The van der Waals surface area contributed by atoms with Gasteiger partial charge in [-0.05, 0) is 23.8 Å². The largest absolute Gasteiger partial charge is 0.475 e. The van der Waals surface area contributed by atoms with Crippen molar-refractivity contribution in [2.24, 2.45) is 0 Å². The minimum absolute atomic E-state index is 0.0324. The van der Waals surface area contributed by atoms with E-state index in [9.17, 15) is 4.79 Å². The lowest BCUT2D eigenvalue weighted by Crippen LogP contribution is -2.41. The van der Waals surface area contributed by atoms with Crippen LogP contribution < -0.4 is 10.1 Å². The Hall–Kier alpha value is -3.65. The first kappa shape index (κ1) is 24.1. The van der Waals surface area contributed by atoms with Crippen molar-refractivity contribution in [1.29, 1.82) is 0 Å². The van der Waals surface area contributed by atoms with Crippen LogP contribution in [0.3, 0.4) is 0 Å². The summed E-state index contributed by atoms with van der Waals surface area (Å²) in [6.07, 6.45) is 3.66. The number of nitrogens with one attached hydrogen (secondary N) is 1. The number of anilines is 1. The molecule has 5 rings (SSSR count). The van der Waals surface area contributed by atoms with Crippen LogP contribution in [0.4, 0.5) is 5.69 Å². The van der Waals surface area contributed by atoms with E-state index in [1.807, 2.05) is 29.3 Å². The number of carbonyl (C=O) groups is 1. The molecule has 4 heterocycles. The summed E-state index contributed by atoms with van der Waals surface area (Å²) in [4.78, 5) is 19.7. The van der Waals surface area contributed by atoms with Gasteiger partial charge < -0.3 is 29.2 Å². The van der Waals surface area contributed by atoms with Gasteiger partial charge in [-0.2, -0.15) is 10.1 Å². The molecule has 0 radical (unpaired) electrons. The fourth-order valence-electron chi connectivity index (χ4n) is 4.51. The zero-order chi connectivity index (χ0) is 24.9. The summed E-state index contributed by atoms with van der Waals surface area (Å²) in [6, 6.07) is 7.70. The molecule has 1 aromatic carbocycles. The van der Waals surface area contributed by atoms with Crippen LogP contribution in [0.1, 0.15) is 12.0 Å². The second-order valence-corrected chi connectivity index (χ2v) is 8.64. The van der Waals surface area contributed by atoms with Gasteiger partial charge in [-0.1, -0.05) is 11.8 Å². The van der Waals surface area contributed by atoms with Crippen LogP contribution in [0.15, 0.2) is 36.7 Å². The molecule has 1 unspecified atom stereocenters. The molecule has 1 saturated heterocycles. The van der Waals surface area contributed by atoms with Crippen molar-refractivity contribution in [2.75, 3.05) is 59.1 Å². The molecule has 1 N–H and O–H groups in total. The van der Waals surface area contributed by atoms with E-state index >= 15 is 0 Å². The Balaban J connectivity index is 1.49. The number of methoxy groups -OCH3 is 2. The normalized spacial score (nSPS) is 19.3. The number of amides is 1. The van der Waals surface area contributed by atoms with Crippen molar-refractivity contribution in [3.8, 4) is 28.8 Å². The first-order chi connectivity index (χ1) is 17.7. The Kier molecular flexibility index (Phi) is 7.32. The van der Waals surface area contributed by atoms with Gasteiger partial charge in [-0.15, -0.1) is 0 Å². The number of hydrogen-bond donors (Lipinski definition) is 1. The van der Waals surface area contributed by atoms with Crippen molar-refractivity contribution in [2.45, 2.75) is 18.6 Å². The van der Waals surface area contributed by atoms with E-state index in [1.54, 1.807) is 31.0 Å². The van der Waals surface area contributed by atoms with E-state index in [4.69, 9.17) is 23.9 Å². The van der Waals surface area contributed by atoms with Crippen LogP contribution in [-0.2, 0) is 19.0 Å². The molecule has 2 aliphatic heterocycles. The lowest BCUT2D eigenvalue weighted by Gasteiger charge is -2.25. The summed E-state index contributed by atoms with van der Waals surface area (Å²) < 4.78 is 23.7. The van der Waals surface area contributed by atoms with E-state index in [0.29, 0.717) is 57.5 Å². The number of hydrogen-bond acceptors (Lipinski definition) is 8. The van der Waals surface area contributed by atoms with E-state index in [0.717, 1.165) is 22.4 Å². The minimum atomic E-state index is -0.507. The number of ether oxygens (including phenoxy) is 4. The zero-order valence-corrected chi connectivity index (χ0v) is 20.4. The third kappa shape index (κ3) is 5.14. The van der Waals surface area contributed by atoms with Crippen LogP contribution in [0, 0.1) is 11.8 Å². The number of rotatable bonds is 5. The summed E-state index contributed by atoms with van der Waals surface area (Å²) >= 11 is 0. The van der Waals surface area contributed by atoms with E-state index in [1.165, 1.54) is 0 Å². The van der Waals surface area contributed by atoms with Crippen molar-refractivity contribution in [1.82, 2.24) is 19.5 Å². The molecule has 2 aliphatic rings. The lowest BCUT2D eigenvalue weighted by molar-refractivity contribution is -0.138. The van der Waals surface area contributed by atoms with Gasteiger partial charge in [-0.25, -0.2) is 4.52 Å². The molecule has 0 aliphatic carbocycles. The highest BCUT2D eigenvalue weighted by Crippen LogP contribution is 2.29. The Bertz CT molecular complexity index is 1300. The predicted molar refractivity (Wildman–Crippen MR) is 133 cm³/mol. The molecule has 1 fully saturated rings. The molecule has 10 nitrogen and oxygen atoms in total. The standard InChI is InChI=1S/C26H29N5O5/c1-33-9-3-4-18-12-19-14-20(13-18)27-6-8-30-21(15-23(26(30)32)35-11-10-34-2)17-36-24-5-7-31-25(29-24)22(19)16-28-31/h5,7,12-14,16,21,23,27H,6,8-11,15,17H2,1-2H3/t21-,23?/m0/s1. The zero-order valence-electron chi connectivity index (χ0n) is 20.4. The molecule has 10 heteroatoms. The van der Waals surface area contributed by atoms with Gasteiger partial charge in [0.1, 0.15) is 19.3 Å². The highest BCUT2D eigenvalue weighted by Gasteiger charge is 2.40. The second-order valence-electron chi connectivity index (χ2n) is 8.64. The number of carbonyl (C=O) groups excluding carboxylic acids is 1. The van der Waals surface area contributed by atoms with Crippen LogP contribution >= 0.6 is 0 Å². The van der Waals surface area contributed by atoms with Crippen LogP contribution in [-0.4, -0.2) is 91.3 Å². The Morgan fingerprint density at radius 2 is 2.14 bits per heavy atom. The Morgan fingerprint density at radius 3 is 3.00 bits per heavy atom. The third-order valence-electron chi connectivity index (χ3n) is 6.23. The summed E-state index contributed by atoms with van der Waals surface area (Å²) in [5.74, 6) is 6.61. The quantitative estimate of drug-likeness (QED) is 0.426. The molecule has 0 spiro atoms. The van der Waals surface area contributed by atoms with Crippen LogP contribution in [0.5, 0.6) is 5.88 Å². The molecule has 188 valence electrons. The average Bonchev–Trinajstić information content (AvgIpc) is 3.43. The molecular weight excluding hydrogens is 462 g/mol. The number of aromatic nitrogens is 3. The first-order valence-corrected chi connectivity index (χ1v) is 11.9. The highest BCUT2D eigenvalue weighted by atomic mass is 16.5. The molecular formula is C26H29N5O5. The van der Waals surface area contributed by atoms with Crippen molar-refractivity contribution in [3.05, 3.63) is 42.2 Å². The number of benzene rings is 1. The Labute approximate surface area is 209 Å². The van der Waals surface area contributed by atoms with Gasteiger partial charge in [0.15, 0.2) is 5.65 Å². The van der Waals surface area contributed by atoms with Gasteiger partial charge in [0, 0.05) is 62.8 Å². The van der Waals surface area contributed by atoms with Crippen molar-refractivity contribution < 1.29 is 23.7 Å². The third-order valence-corrected chi connectivity index (χ3v) is 6.23. The monoisotopic (exact) mass is 491 g/mol. The molecule has 2 aromatic heterocycles. The molecule has 0 saturated carbocycles. The van der Waals surface area contributed by atoms with E-state index < -0.39 is 6.10 Å². The van der Waals surface area contributed by atoms with Crippen LogP contribution in [0.2, 0.25) is 0 Å².